The average Bonchev–Trinajstić information content (AvgIpc) is 2.32. The zero-order valence-corrected chi connectivity index (χ0v) is 10.9. The molecule has 1 aliphatic heterocycles. The van der Waals surface area contributed by atoms with Gasteiger partial charge in [0.1, 0.15) is 0 Å². The van der Waals surface area contributed by atoms with Crippen molar-refractivity contribution in [3.63, 3.8) is 0 Å². The van der Waals surface area contributed by atoms with Crippen molar-refractivity contribution in [3.8, 4) is 0 Å². The molecule has 2 aliphatic rings. The standard InChI is InChI=1S/C13H23N3O2/c1-8-3-2-4-10(14)12(8)13(18)16-9-5-6-11(17)15-7-9/h8-10,12H,2-7,14H2,1H3,(H,15,17)(H,16,18). The molecule has 1 saturated carbocycles. The molecule has 1 heterocycles. The number of hydrogen-bond donors (Lipinski definition) is 3. The van der Waals surface area contributed by atoms with Crippen LogP contribution in [0.3, 0.4) is 0 Å². The smallest absolute Gasteiger partial charge is 0.225 e. The van der Waals surface area contributed by atoms with Crippen molar-refractivity contribution in [2.45, 2.75) is 51.1 Å². The molecule has 2 amide bonds. The molecule has 4 unspecified atom stereocenters. The largest absolute Gasteiger partial charge is 0.354 e. The van der Waals surface area contributed by atoms with E-state index >= 15 is 0 Å². The number of rotatable bonds is 2. The Hall–Kier alpha value is -1.10. The molecule has 0 aromatic carbocycles. The molecular formula is C13H23N3O2. The summed E-state index contributed by atoms with van der Waals surface area (Å²) in [6.45, 7) is 2.65. The highest BCUT2D eigenvalue weighted by Gasteiger charge is 2.35. The van der Waals surface area contributed by atoms with Gasteiger partial charge in [0.05, 0.1) is 5.92 Å². The predicted molar refractivity (Wildman–Crippen MR) is 68.7 cm³/mol. The van der Waals surface area contributed by atoms with Gasteiger partial charge in [0.25, 0.3) is 0 Å². The number of piperidine rings is 1. The molecular weight excluding hydrogens is 230 g/mol. The first-order valence-corrected chi connectivity index (χ1v) is 6.90. The Labute approximate surface area is 108 Å². The van der Waals surface area contributed by atoms with Gasteiger partial charge in [-0.2, -0.15) is 0 Å². The molecule has 5 nitrogen and oxygen atoms in total. The van der Waals surface area contributed by atoms with Gasteiger partial charge in [-0.1, -0.05) is 13.3 Å². The highest BCUT2D eigenvalue weighted by molar-refractivity contribution is 5.81. The van der Waals surface area contributed by atoms with E-state index in [2.05, 4.69) is 17.6 Å². The molecule has 2 fully saturated rings. The molecule has 1 saturated heterocycles. The maximum atomic E-state index is 12.3. The molecule has 0 aromatic rings. The predicted octanol–water partition coefficient (Wildman–Crippen LogP) is 0.145. The average molecular weight is 253 g/mol. The summed E-state index contributed by atoms with van der Waals surface area (Å²) in [5, 5.41) is 5.81. The monoisotopic (exact) mass is 253 g/mol. The molecule has 4 N–H and O–H groups in total. The molecule has 18 heavy (non-hydrogen) atoms. The van der Waals surface area contributed by atoms with Gasteiger partial charge in [-0.25, -0.2) is 0 Å². The van der Waals surface area contributed by atoms with Crippen LogP contribution in [0.1, 0.15) is 39.0 Å². The van der Waals surface area contributed by atoms with E-state index < -0.39 is 0 Å². The van der Waals surface area contributed by atoms with Gasteiger partial charge in [0.15, 0.2) is 0 Å². The molecule has 0 spiro atoms. The van der Waals surface area contributed by atoms with Gasteiger partial charge < -0.3 is 16.4 Å². The van der Waals surface area contributed by atoms with Crippen molar-refractivity contribution in [3.05, 3.63) is 0 Å². The maximum Gasteiger partial charge on any atom is 0.225 e. The second-order valence-electron chi connectivity index (χ2n) is 5.65. The number of nitrogens with one attached hydrogen (secondary N) is 2. The van der Waals surface area contributed by atoms with Crippen LogP contribution >= 0.6 is 0 Å². The van der Waals surface area contributed by atoms with Gasteiger partial charge in [-0.3, -0.25) is 9.59 Å². The first-order chi connectivity index (χ1) is 8.58. The number of nitrogens with two attached hydrogens (primary N) is 1. The fourth-order valence-electron chi connectivity index (χ4n) is 3.06. The van der Waals surface area contributed by atoms with Crippen molar-refractivity contribution in [1.29, 1.82) is 0 Å². The van der Waals surface area contributed by atoms with Gasteiger partial charge in [0, 0.05) is 25.0 Å². The topological polar surface area (TPSA) is 84.2 Å². The van der Waals surface area contributed by atoms with Gasteiger partial charge in [0.2, 0.25) is 11.8 Å². The van der Waals surface area contributed by atoms with Gasteiger partial charge >= 0.3 is 0 Å². The number of amides is 2. The van der Waals surface area contributed by atoms with E-state index in [1.165, 1.54) is 0 Å². The number of carbonyl (C=O) groups excluding carboxylic acids is 2. The Morgan fingerprint density at radius 1 is 1.39 bits per heavy atom. The summed E-state index contributed by atoms with van der Waals surface area (Å²) in [6.07, 6.45) is 4.35. The first kappa shape index (κ1) is 13.3. The molecule has 4 atom stereocenters. The molecule has 1 aliphatic carbocycles. The van der Waals surface area contributed by atoms with Crippen LogP contribution in [-0.2, 0) is 9.59 Å². The Bertz CT molecular complexity index is 312. The van der Waals surface area contributed by atoms with Crippen LogP contribution in [0.5, 0.6) is 0 Å². The van der Waals surface area contributed by atoms with Crippen LogP contribution in [-0.4, -0.2) is 30.4 Å². The summed E-state index contributed by atoms with van der Waals surface area (Å²) in [6, 6.07) is 0.0449. The highest BCUT2D eigenvalue weighted by atomic mass is 16.2. The van der Waals surface area contributed by atoms with Crippen molar-refractivity contribution in [1.82, 2.24) is 10.6 Å². The van der Waals surface area contributed by atoms with Crippen molar-refractivity contribution in [2.75, 3.05) is 6.54 Å². The first-order valence-electron chi connectivity index (χ1n) is 6.90. The lowest BCUT2D eigenvalue weighted by molar-refractivity contribution is -0.130. The van der Waals surface area contributed by atoms with Gasteiger partial charge in [-0.05, 0) is 25.2 Å². The second kappa shape index (κ2) is 5.69. The van der Waals surface area contributed by atoms with Crippen LogP contribution in [0.15, 0.2) is 0 Å². The van der Waals surface area contributed by atoms with Crippen molar-refractivity contribution in [2.24, 2.45) is 17.6 Å². The quantitative estimate of drug-likeness (QED) is 0.654. The summed E-state index contributed by atoms with van der Waals surface area (Å²) in [7, 11) is 0. The minimum atomic E-state index is -0.0728. The SMILES string of the molecule is CC1CCCC(N)C1C(=O)NC1CCC(=O)NC1. The van der Waals surface area contributed by atoms with Crippen molar-refractivity contribution < 1.29 is 9.59 Å². The molecule has 2 rings (SSSR count). The van der Waals surface area contributed by atoms with Crippen LogP contribution in [0.2, 0.25) is 0 Å². The van der Waals surface area contributed by atoms with E-state index in [1.54, 1.807) is 0 Å². The van der Waals surface area contributed by atoms with Crippen LogP contribution in [0, 0.1) is 11.8 Å². The third-order valence-corrected chi connectivity index (χ3v) is 4.19. The summed E-state index contributed by atoms with van der Waals surface area (Å²) in [5.74, 6) is 0.419. The zero-order valence-electron chi connectivity index (χ0n) is 10.9. The van der Waals surface area contributed by atoms with E-state index in [0.717, 1.165) is 25.7 Å². The molecule has 102 valence electrons. The van der Waals surface area contributed by atoms with Crippen molar-refractivity contribution >= 4 is 11.8 Å². The van der Waals surface area contributed by atoms with Crippen LogP contribution in [0.25, 0.3) is 0 Å². The Kier molecular flexibility index (Phi) is 4.22. The minimum absolute atomic E-state index is 0.0214. The zero-order chi connectivity index (χ0) is 13.1. The third kappa shape index (κ3) is 3.02. The lowest BCUT2D eigenvalue weighted by Gasteiger charge is -2.35. The van der Waals surface area contributed by atoms with E-state index in [0.29, 0.717) is 18.9 Å². The normalized spacial score (nSPS) is 36.9. The van der Waals surface area contributed by atoms with E-state index in [4.69, 9.17) is 5.73 Å². The third-order valence-electron chi connectivity index (χ3n) is 4.19. The van der Waals surface area contributed by atoms with E-state index in [1.807, 2.05) is 0 Å². The summed E-state index contributed by atoms with van der Waals surface area (Å²) >= 11 is 0. The fraction of sp³-hybridized carbons (Fsp3) is 0.846. The van der Waals surface area contributed by atoms with Gasteiger partial charge in [-0.15, -0.1) is 0 Å². The lowest BCUT2D eigenvalue weighted by atomic mass is 9.76. The Morgan fingerprint density at radius 2 is 2.17 bits per heavy atom. The summed E-state index contributed by atoms with van der Waals surface area (Å²) in [4.78, 5) is 23.3. The van der Waals surface area contributed by atoms with E-state index in [-0.39, 0.29) is 29.8 Å². The Morgan fingerprint density at radius 3 is 2.78 bits per heavy atom. The fourth-order valence-corrected chi connectivity index (χ4v) is 3.06. The maximum absolute atomic E-state index is 12.3. The Balaban J connectivity index is 1.88. The van der Waals surface area contributed by atoms with Crippen LogP contribution < -0.4 is 16.4 Å². The van der Waals surface area contributed by atoms with Crippen LogP contribution in [0.4, 0.5) is 0 Å². The molecule has 0 bridgehead atoms. The number of carbonyl (C=O) groups is 2. The number of hydrogen-bond acceptors (Lipinski definition) is 3. The highest BCUT2D eigenvalue weighted by Crippen LogP contribution is 2.29. The van der Waals surface area contributed by atoms with E-state index in [9.17, 15) is 9.59 Å². The summed E-state index contributed by atoms with van der Waals surface area (Å²) < 4.78 is 0. The second-order valence-corrected chi connectivity index (χ2v) is 5.65. The summed E-state index contributed by atoms with van der Waals surface area (Å²) in [5.41, 5.74) is 6.07. The molecule has 5 heteroatoms. The molecule has 0 radical (unpaired) electrons. The lowest BCUT2D eigenvalue weighted by Crippen LogP contribution is -2.53. The minimum Gasteiger partial charge on any atom is -0.354 e. The molecule has 0 aromatic heterocycles.